The van der Waals surface area contributed by atoms with E-state index in [1.807, 2.05) is 23.9 Å². The highest BCUT2D eigenvalue weighted by atomic mass is 35.5. The van der Waals surface area contributed by atoms with Gasteiger partial charge in [0.1, 0.15) is 11.6 Å². The molecule has 0 bridgehead atoms. The monoisotopic (exact) mass is 344 g/mol. The van der Waals surface area contributed by atoms with Crippen molar-refractivity contribution < 1.29 is 4.39 Å². The second-order valence-electron chi connectivity index (χ2n) is 5.36. The Balaban J connectivity index is 0.00000176. The first-order valence-electron chi connectivity index (χ1n) is 7.00. The van der Waals surface area contributed by atoms with Gasteiger partial charge in [0.05, 0.1) is 6.04 Å². The van der Waals surface area contributed by atoms with Gasteiger partial charge in [0.2, 0.25) is 0 Å². The molecule has 4 nitrogen and oxygen atoms in total. The molecule has 1 aromatic carbocycles. The van der Waals surface area contributed by atoms with Gasteiger partial charge >= 0.3 is 0 Å². The number of imidazole rings is 1. The molecule has 1 aromatic heterocycles. The second-order valence-corrected chi connectivity index (χ2v) is 5.80. The van der Waals surface area contributed by atoms with Crippen LogP contribution in [0.1, 0.15) is 17.4 Å². The Morgan fingerprint density at radius 2 is 2.23 bits per heavy atom. The van der Waals surface area contributed by atoms with Crippen molar-refractivity contribution in [2.45, 2.75) is 12.6 Å². The van der Waals surface area contributed by atoms with E-state index >= 15 is 0 Å². The van der Waals surface area contributed by atoms with Crippen molar-refractivity contribution in [3.8, 4) is 0 Å². The van der Waals surface area contributed by atoms with Crippen LogP contribution in [0.3, 0.4) is 0 Å². The van der Waals surface area contributed by atoms with Gasteiger partial charge in [-0.1, -0.05) is 11.6 Å². The molecule has 1 saturated heterocycles. The van der Waals surface area contributed by atoms with E-state index in [-0.39, 0.29) is 24.3 Å². The van der Waals surface area contributed by atoms with Crippen LogP contribution in [0, 0.1) is 5.82 Å². The molecular weight excluding hydrogens is 326 g/mol. The minimum atomic E-state index is -0.291. The summed E-state index contributed by atoms with van der Waals surface area (Å²) in [6, 6.07) is 4.88. The number of nitrogens with zero attached hydrogens (tertiary/aromatic N) is 3. The Hall–Kier alpha value is -1.14. The van der Waals surface area contributed by atoms with E-state index in [2.05, 4.69) is 15.2 Å². The molecule has 1 fully saturated rings. The number of aryl methyl sites for hydroxylation is 1. The fourth-order valence-corrected chi connectivity index (χ4v) is 3.07. The fraction of sp³-hybridized carbons (Fsp3) is 0.400. The molecule has 2 aromatic rings. The standard InChI is InChI=1S/C15H18ClFN4.ClH/c1-20-4-3-19-15(20)14-9-18-2-5-21(14)10-11-6-12(16)8-13(17)7-11;/h3-4,6-8,14,18H,2,5,9-10H2,1H3;1H. The van der Waals surface area contributed by atoms with Gasteiger partial charge in [-0.3, -0.25) is 4.90 Å². The van der Waals surface area contributed by atoms with Crippen LogP contribution in [0.5, 0.6) is 0 Å². The highest BCUT2D eigenvalue weighted by Gasteiger charge is 2.26. The third-order valence-corrected chi connectivity index (χ3v) is 4.04. The molecule has 1 unspecified atom stereocenters. The molecule has 1 aliphatic heterocycles. The number of benzene rings is 1. The number of hydrogen-bond donors (Lipinski definition) is 1. The van der Waals surface area contributed by atoms with E-state index in [9.17, 15) is 4.39 Å². The van der Waals surface area contributed by atoms with Gasteiger partial charge in [-0.05, 0) is 23.8 Å². The Labute approximate surface area is 140 Å². The van der Waals surface area contributed by atoms with Crippen molar-refractivity contribution in [3.63, 3.8) is 0 Å². The Kier molecular flexibility index (Phi) is 5.81. The zero-order chi connectivity index (χ0) is 14.8. The predicted octanol–water partition coefficient (Wildman–Crippen LogP) is 2.78. The van der Waals surface area contributed by atoms with E-state index in [1.165, 1.54) is 6.07 Å². The summed E-state index contributed by atoms with van der Waals surface area (Å²) in [4.78, 5) is 6.76. The van der Waals surface area contributed by atoms with Crippen molar-refractivity contribution in [3.05, 3.63) is 52.8 Å². The molecule has 0 radical (unpaired) electrons. The van der Waals surface area contributed by atoms with E-state index < -0.39 is 0 Å². The summed E-state index contributed by atoms with van der Waals surface area (Å²) in [7, 11) is 1.99. The van der Waals surface area contributed by atoms with Crippen molar-refractivity contribution in [1.82, 2.24) is 19.8 Å². The first kappa shape index (κ1) is 17.2. The summed E-state index contributed by atoms with van der Waals surface area (Å²) in [5, 5.41) is 3.83. The van der Waals surface area contributed by atoms with Crippen molar-refractivity contribution in [1.29, 1.82) is 0 Å². The molecule has 1 atom stereocenters. The average molecular weight is 345 g/mol. The van der Waals surface area contributed by atoms with Crippen LogP contribution >= 0.6 is 24.0 Å². The Morgan fingerprint density at radius 1 is 1.41 bits per heavy atom. The molecule has 0 aliphatic carbocycles. The molecule has 120 valence electrons. The highest BCUT2D eigenvalue weighted by Crippen LogP contribution is 2.24. The van der Waals surface area contributed by atoms with Gasteiger partial charge in [-0.15, -0.1) is 12.4 Å². The molecule has 1 N–H and O–H groups in total. The van der Waals surface area contributed by atoms with Gasteiger partial charge in [0.25, 0.3) is 0 Å². The van der Waals surface area contributed by atoms with Crippen molar-refractivity contribution >= 4 is 24.0 Å². The third kappa shape index (κ3) is 3.79. The molecule has 7 heteroatoms. The minimum absolute atomic E-state index is 0. The van der Waals surface area contributed by atoms with Gasteiger partial charge in [0.15, 0.2) is 0 Å². The van der Waals surface area contributed by atoms with Gasteiger partial charge < -0.3 is 9.88 Å². The Bertz CT molecular complexity index is 612. The molecule has 3 rings (SSSR count). The smallest absolute Gasteiger partial charge is 0.127 e. The largest absolute Gasteiger partial charge is 0.337 e. The summed E-state index contributed by atoms with van der Waals surface area (Å²) in [6.45, 7) is 3.32. The second kappa shape index (κ2) is 7.42. The number of piperazine rings is 1. The van der Waals surface area contributed by atoms with E-state index in [0.717, 1.165) is 31.0 Å². The molecule has 22 heavy (non-hydrogen) atoms. The molecule has 0 saturated carbocycles. The topological polar surface area (TPSA) is 33.1 Å². The summed E-state index contributed by atoms with van der Waals surface area (Å²) < 4.78 is 15.5. The highest BCUT2D eigenvalue weighted by molar-refractivity contribution is 6.30. The SMILES string of the molecule is Cl.Cn1ccnc1C1CNCCN1Cc1cc(F)cc(Cl)c1. The molecule has 1 aliphatic rings. The maximum absolute atomic E-state index is 13.5. The molecular formula is C15H19Cl2FN4. The van der Waals surface area contributed by atoms with Crippen LogP contribution in [-0.4, -0.2) is 34.1 Å². The zero-order valence-electron chi connectivity index (χ0n) is 12.3. The zero-order valence-corrected chi connectivity index (χ0v) is 13.9. The van der Waals surface area contributed by atoms with Crippen LogP contribution < -0.4 is 5.32 Å². The maximum atomic E-state index is 13.5. The van der Waals surface area contributed by atoms with Crippen LogP contribution in [0.15, 0.2) is 30.6 Å². The normalized spacial score (nSPS) is 19.0. The van der Waals surface area contributed by atoms with Crippen LogP contribution in [0.25, 0.3) is 0 Å². The molecule has 0 amide bonds. The first-order valence-corrected chi connectivity index (χ1v) is 7.38. The quantitative estimate of drug-likeness (QED) is 0.929. The van der Waals surface area contributed by atoms with Crippen LogP contribution in [-0.2, 0) is 13.6 Å². The van der Waals surface area contributed by atoms with Crippen LogP contribution in [0.4, 0.5) is 4.39 Å². The van der Waals surface area contributed by atoms with Crippen molar-refractivity contribution in [2.75, 3.05) is 19.6 Å². The lowest BCUT2D eigenvalue weighted by Crippen LogP contribution is -2.46. The summed E-state index contributed by atoms with van der Waals surface area (Å²) in [6.07, 6.45) is 3.75. The number of rotatable bonds is 3. The minimum Gasteiger partial charge on any atom is -0.337 e. The Morgan fingerprint density at radius 3 is 2.91 bits per heavy atom. The van der Waals surface area contributed by atoms with Crippen molar-refractivity contribution in [2.24, 2.45) is 7.05 Å². The number of hydrogen-bond acceptors (Lipinski definition) is 3. The maximum Gasteiger partial charge on any atom is 0.127 e. The van der Waals surface area contributed by atoms with Gasteiger partial charge in [-0.25, -0.2) is 9.37 Å². The average Bonchev–Trinajstić information content (AvgIpc) is 2.84. The van der Waals surface area contributed by atoms with Gasteiger partial charge in [-0.2, -0.15) is 0 Å². The van der Waals surface area contributed by atoms with Crippen LogP contribution in [0.2, 0.25) is 5.02 Å². The summed E-state index contributed by atoms with van der Waals surface area (Å²) in [5.41, 5.74) is 0.890. The van der Waals surface area contributed by atoms with E-state index in [0.29, 0.717) is 11.6 Å². The first-order chi connectivity index (χ1) is 10.1. The molecule has 0 spiro atoms. The van der Waals surface area contributed by atoms with E-state index in [1.54, 1.807) is 12.3 Å². The lowest BCUT2D eigenvalue weighted by Gasteiger charge is -2.35. The lowest BCUT2D eigenvalue weighted by molar-refractivity contribution is 0.144. The lowest BCUT2D eigenvalue weighted by atomic mass is 10.1. The summed E-state index contributed by atoms with van der Waals surface area (Å²) in [5.74, 6) is 0.728. The third-order valence-electron chi connectivity index (χ3n) is 3.82. The number of aromatic nitrogens is 2. The fourth-order valence-electron chi connectivity index (χ4n) is 2.83. The predicted molar refractivity (Wildman–Crippen MR) is 87.9 cm³/mol. The van der Waals surface area contributed by atoms with E-state index in [4.69, 9.17) is 11.6 Å². The number of halogens is 3. The summed E-state index contributed by atoms with van der Waals surface area (Å²) >= 11 is 5.94. The van der Waals surface area contributed by atoms with Gasteiger partial charge in [0, 0.05) is 50.6 Å². The molecule has 2 heterocycles. The number of nitrogens with one attached hydrogen (secondary N) is 1.